The zero-order valence-corrected chi connectivity index (χ0v) is 15.9. The summed E-state index contributed by atoms with van der Waals surface area (Å²) in [6.45, 7) is 13.3. The summed E-state index contributed by atoms with van der Waals surface area (Å²) in [5.74, 6) is 1.73. The average Bonchev–Trinajstić information content (AvgIpc) is 2.36. The van der Waals surface area contributed by atoms with Crippen molar-refractivity contribution in [1.29, 1.82) is 0 Å². The van der Waals surface area contributed by atoms with Crippen molar-refractivity contribution in [1.82, 2.24) is 0 Å². The lowest BCUT2D eigenvalue weighted by Gasteiger charge is -2.21. The highest BCUT2D eigenvalue weighted by atomic mass is 79.9. The summed E-state index contributed by atoms with van der Waals surface area (Å²) in [7, 11) is 0. The molecule has 0 fully saturated rings. The largest absolute Gasteiger partial charge is 0.457 e. The van der Waals surface area contributed by atoms with Crippen molar-refractivity contribution < 1.29 is 4.74 Å². The summed E-state index contributed by atoms with van der Waals surface area (Å²) >= 11 is 3.58. The summed E-state index contributed by atoms with van der Waals surface area (Å²) in [4.78, 5) is 0. The summed E-state index contributed by atoms with van der Waals surface area (Å²) in [6.07, 6.45) is 0. The van der Waals surface area contributed by atoms with Crippen LogP contribution in [0.25, 0.3) is 0 Å². The van der Waals surface area contributed by atoms with Gasteiger partial charge in [-0.05, 0) is 52.3 Å². The van der Waals surface area contributed by atoms with Crippen LogP contribution in [0.1, 0.15) is 52.7 Å². The first-order chi connectivity index (χ1) is 10.1. The molecule has 0 spiro atoms. The first-order valence-corrected chi connectivity index (χ1v) is 8.44. The Morgan fingerprint density at radius 1 is 0.682 bits per heavy atom. The molecular formula is C20H25BrO. The van der Waals surface area contributed by atoms with Crippen molar-refractivity contribution >= 4 is 15.9 Å². The van der Waals surface area contributed by atoms with Crippen molar-refractivity contribution in [3.05, 3.63) is 58.1 Å². The quantitative estimate of drug-likeness (QED) is 0.569. The van der Waals surface area contributed by atoms with Gasteiger partial charge in [-0.1, -0.05) is 69.6 Å². The van der Waals surface area contributed by atoms with Gasteiger partial charge < -0.3 is 4.74 Å². The van der Waals surface area contributed by atoms with Gasteiger partial charge in [0.1, 0.15) is 11.5 Å². The molecule has 0 aliphatic rings. The highest BCUT2D eigenvalue weighted by Crippen LogP contribution is 2.33. The lowest BCUT2D eigenvalue weighted by Crippen LogP contribution is -2.11. The Bertz CT molecular complexity index is 643. The minimum Gasteiger partial charge on any atom is -0.457 e. The second-order valence-electron chi connectivity index (χ2n) is 7.80. The van der Waals surface area contributed by atoms with E-state index in [1.807, 2.05) is 18.2 Å². The van der Waals surface area contributed by atoms with Crippen LogP contribution in [0.15, 0.2) is 46.9 Å². The fourth-order valence-electron chi connectivity index (χ4n) is 2.21. The number of halogens is 1. The lowest BCUT2D eigenvalue weighted by atomic mass is 9.87. The molecule has 0 atom stereocenters. The zero-order chi connectivity index (χ0) is 16.5. The van der Waals surface area contributed by atoms with Crippen LogP contribution in [0.3, 0.4) is 0 Å². The number of hydrogen-bond donors (Lipinski definition) is 0. The second-order valence-corrected chi connectivity index (χ2v) is 8.72. The molecule has 0 saturated carbocycles. The Labute approximate surface area is 142 Å². The standard InChI is InChI=1S/C20H25BrO/c1-19(2,3)14-7-9-17(10-8-14)22-18-12-15(20(4,5)6)11-16(21)13-18/h7-13H,1-6H3. The van der Waals surface area contributed by atoms with Crippen LogP contribution in [0.2, 0.25) is 0 Å². The van der Waals surface area contributed by atoms with E-state index in [-0.39, 0.29) is 10.8 Å². The molecule has 0 N–H and O–H groups in total. The highest BCUT2D eigenvalue weighted by Gasteiger charge is 2.16. The smallest absolute Gasteiger partial charge is 0.128 e. The summed E-state index contributed by atoms with van der Waals surface area (Å²) in [5, 5.41) is 0. The zero-order valence-electron chi connectivity index (χ0n) is 14.3. The van der Waals surface area contributed by atoms with Crippen molar-refractivity contribution in [2.45, 2.75) is 52.4 Å². The molecule has 2 heteroatoms. The van der Waals surface area contributed by atoms with E-state index in [1.165, 1.54) is 11.1 Å². The predicted octanol–water partition coefficient (Wildman–Crippen LogP) is 6.84. The molecule has 2 aromatic rings. The molecule has 2 aromatic carbocycles. The maximum Gasteiger partial charge on any atom is 0.128 e. The Hall–Kier alpha value is -1.28. The van der Waals surface area contributed by atoms with E-state index in [4.69, 9.17) is 4.74 Å². The van der Waals surface area contributed by atoms with Crippen LogP contribution in [-0.2, 0) is 10.8 Å². The third-order valence-corrected chi connectivity index (χ3v) is 4.15. The minimum absolute atomic E-state index is 0.0952. The number of ether oxygens (including phenoxy) is 1. The van der Waals surface area contributed by atoms with E-state index in [0.717, 1.165) is 16.0 Å². The molecule has 118 valence electrons. The molecule has 0 heterocycles. The van der Waals surface area contributed by atoms with Crippen molar-refractivity contribution in [2.75, 3.05) is 0 Å². The molecule has 0 aliphatic carbocycles. The normalized spacial score (nSPS) is 12.3. The SMILES string of the molecule is CC(C)(C)c1ccc(Oc2cc(Br)cc(C(C)(C)C)c2)cc1. The van der Waals surface area contributed by atoms with Crippen LogP contribution < -0.4 is 4.74 Å². The van der Waals surface area contributed by atoms with Gasteiger partial charge in [0.05, 0.1) is 0 Å². The van der Waals surface area contributed by atoms with Gasteiger partial charge in [0.25, 0.3) is 0 Å². The number of benzene rings is 2. The van der Waals surface area contributed by atoms with Gasteiger partial charge in [0, 0.05) is 4.47 Å². The lowest BCUT2D eigenvalue weighted by molar-refractivity contribution is 0.477. The van der Waals surface area contributed by atoms with Gasteiger partial charge in [-0.2, -0.15) is 0 Å². The fraction of sp³-hybridized carbons (Fsp3) is 0.400. The fourth-order valence-corrected chi connectivity index (χ4v) is 2.69. The van der Waals surface area contributed by atoms with E-state index in [0.29, 0.717) is 0 Å². The predicted molar refractivity (Wildman–Crippen MR) is 98.1 cm³/mol. The van der Waals surface area contributed by atoms with E-state index in [1.54, 1.807) is 0 Å². The van der Waals surface area contributed by atoms with E-state index in [9.17, 15) is 0 Å². The van der Waals surface area contributed by atoms with Gasteiger partial charge in [-0.15, -0.1) is 0 Å². The number of rotatable bonds is 2. The van der Waals surface area contributed by atoms with E-state index >= 15 is 0 Å². The van der Waals surface area contributed by atoms with Crippen molar-refractivity contribution in [3.8, 4) is 11.5 Å². The van der Waals surface area contributed by atoms with Crippen LogP contribution in [-0.4, -0.2) is 0 Å². The van der Waals surface area contributed by atoms with Gasteiger partial charge in [0.15, 0.2) is 0 Å². The third-order valence-electron chi connectivity index (χ3n) is 3.69. The summed E-state index contributed by atoms with van der Waals surface area (Å²) in [5.41, 5.74) is 2.82. The molecule has 0 aliphatic heterocycles. The van der Waals surface area contributed by atoms with Crippen LogP contribution in [0.4, 0.5) is 0 Å². The van der Waals surface area contributed by atoms with Gasteiger partial charge in [-0.3, -0.25) is 0 Å². The maximum atomic E-state index is 6.03. The highest BCUT2D eigenvalue weighted by molar-refractivity contribution is 9.10. The molecular weight excluding hydrogens is 336 g/mol. The molecule has 0 bridgehead atoms. The molecule has 0 aromatic heterocycles. The molecule has 0 amide bonds. The molecule has 1 nitrogen and oxygen atoms in total. The number of hydrogen-bond acceptors (Lipinski definition) is 1. The average molecular weight is 361 g/mol. The van der Waals surface area contributed by atoms with Crippen LogP contribution in [0, 0.1) is 0 Å². The Balaban J connectivity index is 2.26. The van der Waals surface area contributed by atoms with E-state index in [2.05, 4.69) is 81.7 Å². The van der Waals surface area contributed by atoms with Crippen LogP contribution >= 0.6 is 15.9 Å². The second kappa shape index (κ2) is 6.08. The molecule has 0 saturated heterocycles. The summed E-state index contributed by atoms with van der Waals surface area (Å²) in [6, 6.07) is 14.6. The Morgan fingerprint density at radius 3 is 1.73 bits per heavy atom. The van der Waals surface area contributed by atoms with Crippen molar-refractivity contribution in [2.24, 2.45) is 0 Å². The minimum atomic E-state index is 0.0952. The van der Waals surface area contributed by atoms with Crippen LogP contribution in [0.5, 0.6) is 11.5 Å². The first kappa shape index (κ1) is 17.1. The van der Waals surface area contributed by atoms with E-state index < -0.39 is 0 Å². The third kappa shape index (κ3) is 4.36. The summed E-state index contributed by atoms with van der Waals surface area (Å²) < 4.78 is 7.08. The molecule has 0 radical (unpaired) electrons. The molecule has 22 heavy (non-hydrogen) atoms. The topological polar surface area (TPSA) is 9.23 Å². The van der Waals surface area contributed by atoms with Gasteiger partial charge in [-0.25, -0.2) is 0 Å². The Kier molecular flexibility index (Phi) is 4.72. The van der Waals surface area contributed by atoms with Gasteiger partial charge in [0.2, 0.25) is 0 Å². The Morgan fingerprint density at radius 2 is 1.23 bits per heavy atom. The van der Waals surface area contributed by atoms with Crippen molar-refractivity contribution in [3.63, 3.8) is 0 Å². The first-order valence-electron chi connectivity index (χ1n) is 7.65. The molecule has 2 rings (SSSR count). The molecule has 0 unspecified atom stereocenters. The monoisotopic (exact) mass is 360 g/mol. The maximum absolute atomic E-state index is 6.03. The van der Waals surface area contributed by atoms with Gasteiger partial charge >= 0.3 is 0 Å².